The van der Waals surface area contributed by atoms with Gasteiger partial charge in [-0.05, 0) is 10.3 Å². The Balaban J connectivity index is 2.31. The molecule has 8 heteroatoms. The van der Waals surface area contributed by atoms with Crippen molar-refractivity contribution in [3.8, 4) is 0 Å². The molecule has 2 amide bonds. The van der Waals surface area contributed by atoms with Crippen molar-refractivity contribution in [2.24, 2.45) is 0 Å². The Kier molecular flexibility index (Phi) is 3.61. The van der Waals surface area contributed by atoms with Gasteiger partial charge in [0.25, 0.3) is 5.91 Å². The number of aromatic nitrogens is 2. The van der Waals surface area contributed by atoms with E-state index in [-0.39, 0.29) is 24.0 Å². The fourth-order valence-electron chi connectivity index (χ4n) is 0.851. The SMILES string of the molecule is CC(=O)NCCNC(=O)c1nonc1N. The molecule has 1 aromatic heterocycles. The second-order valence-corrected chi connectivity index (χ2v) is 2.74. The Hall–Kier alpha value is -2.12. The molecule has 0 aliphatic heterocycles. The van der Waals surface area contributed by atoms with E-state index < -0.39 is 5.91 Å². The largest absolute Gasteiger partial charge is 0.379 e. The minimum Gasteiger partial charge on any atom is -0.379 e. The number of nitrogens with one attached hydrogen (secondary N) is 2. The Bertz CT molecular complexity index is 361. The number of hydrogen-bond acceptors (Lipinski definition) is 6. The molecule has 1 rings (SSSR count). The van der Waals surface area contributed by atoms with Crippen LogP contribution in [0.2, 0.25) is 0 Å². The van der Waals surface area contributed by atoms with Gasteiger partial charge in [-0.15, -0.1) is 0 Å². The molecule has 0 spiro atoms. The third kappa shape index (κ3) is 3.25. The molecule has 1 heterocycles. The molecular formula is C7H11N5O3. The van der Waals surface area contributed by atoms with Crippen LogP contribution in [0.5, 0.6) is 0 Å². The number of anilines is 1. The molecule has 0 aromatic carbocycles. The molecule has 8 nitrogen and oxygen atoms in total. The molecule has 15 heavy (non-hydrogen) atoms. The Morgan fingerprint density at radius 1 is 1.33 bits per heavy atom. The highest BCUT2D eigenvalue weighted by Crippen LogP contribution is 2.02. The van der Waals surface area contributed by atoms with Gasteiger partial charge in [0.05, 0.1) is 0 Å². The summed E-state index contributed by atoms with van der Waals surface area (Å²) in [5.41, 5.74) is 5.24. The van der Waals surface area contributed by atoms with Crippen molar-refractivity contribution in [1.29, 1.82) is 0 Å². The molecule has 82 valence electrons. The van der Waals surface area contributed by atoms with E-state index >= 15 is 0 Å². The van der Waals surface area contributed by atoms with Gasteiger partial charge in [-0.3, -0.25) is 9.59 Å². The molecule has 0 saturated heterocycles. The third-order valence-corrected chi connectivity index (χ3v) is 1.51. The Labute approximate surface area is 85.2 Å². The van der Waals surface area contributed by atoms with Gasteiger partial charge in [0.2, 0.25) is 17.4 Å². The molecule has 0 saturated carbocycles. The molecule has 0 unspecified atom stereocenters. The number of amides is 2. The van der Waals surface area contributed by atoms with E-state index in [1.165, 1.54) is 6.92 Å². The fourth-order valence-corrected chi connectivity index (χ4v) is 0.851. The molecule has 1 aromatic rings. The first kappa shape index (κ1) is 11.0. The summed E-state index contributed by atoms with van der Waals surface area (Å²) < 4.78 is 4.26. The molecule has 0 fully saturated rings. The van der Waals surface area contributed by atoms with Crippen LogP contribution in [0.4, 0.5) is 5.82 Å². The van der Waals surface area contributed by atoms with Crippen LogP contribution in [-0.2, 0) is 4.79 Å². The maximum Gasteiger partial charge on any atom is 0.277 e. The summed E-state index contributed by atoms with van der Waals surface area (Å²) in [6.45, 7) is 2.01. The van der Waals surface area contributed by atoms with Crippen molar-refractivity contribution < 1.29 is 14.2 Å². The summed E-state index contributed by atoms with van der Waals surface area (Å²) in [5, 5.41) is 11.6. The average Bonchev–Trinajstić information content (AvgIpc) is 2.58. The molecule has 4 N–H and O–H groups in total. The number of nitrogens with zero attached hydrogens (tertiary/aromatic N) is 2. The van der Waals surface area contributed by atoms with Crippen molar-refractivity contribution in [2.75, 3.05) is 18.8 Å². The van der Waals surface area contributed by atoms with Crippen LogP contribution in [-0.4, -0.2) is 35.2 Å². The number of rotatable bonds is 4. The van der Waals surface area contributed by atoms with Crippen molar-refractivity contribution in [2.45, 2.75) is 6.92 Å². The van der Waals surface area contributed by atoms with Gasteiger partial charge in [0, 0.05) is 20.0 Å². The van der Waals surface area contributed by atoms with Gasteiger partial charge in [0.15, 0.2) is 0 Å². The van der Waals surface area contributed by atoms with E-state index in [1.54, 1.807) is 0 Å². The molecule has 0 bridgehead atoms. The number of hydrogen-bond donors (Lipinski definition) is 3. The summed E-state index contributed by atoms with van der Waals surface area (Å²) in [5.74, 6) is -0.710. The topological polar surface area (TPSA) is 123 Å². The molecule has 0 radical (unpaired) electrons. The Morgan fingerprint density at radius 2 is 2.00 bits per heavy atom. The number of carbonyl (C=O) groups excluding carboxylic acids is 2. The van der Waals surface area contributed by atoms with Gasteiger partial charge in [-0.1, -0.05) is 0 Å². The van der Waals surface area contributed by atoms with Crippen LogP contribution >= 0.6 is 0 Å². The van der Waals surface area contributed by atoms with Crippen molar-refractivity contribution in [3.05, 3.63) is 5.69 Å². The van der Waals surface area contributed by atoms with Crippen molar-refractivity contribution >= 4 is 17.6 Å². The smallest absolute Gasteiger partial charge is 0.277 e. The van der Waals surface area contributed by atoms with Crippen molar-refractivity contribution in [1.82, 2.24) is 20.9 Å². The zero-order chi connectivity index (χ0) is 11.3. The van der Waals surface area contributed by atoms with Crippen LogP contribution in [0.1, 0.15) is 17.4 Å². The maximum absolute atomic E-state index is 11.3. The number of nitrogens with two attached hydrogens (primary N) is 1. The van der Waals surface area contributed by atoms with Crippen molar-refractivity contribution in [3.63, 3.8) is 0 Å². The Morgan fingerprint density at radius 3 is 2.53 bits per heavy atom. The monoisotopic (exact) mass is 213 g/mol. The second-order valence-electron chi connectivity index (χ2n) is 2.74. The molecular weight excluding hydrogens is 202 g/mol. The fraction of sp³-hybridized carbons (Fsp3) is 0.429. The number of nitrogen functional groups attached to an aromatic ring is 1. The van der Waals surface area contributed by atoms with E-state index in [1.807, 2.05) is 0 Å². The standard InChI is InChI=1S/C7H11N5O3/c1-4(13)9-2-3-10-7(14)5-6(8)12-15-11-5/h2-3H2,1H3,(H2,8,12)(H,9,13)(H,10,14). The molecule has 0 aliphatic carbocycles. The highest BCUT2D eigenvalue weighted by Gasteiger charge is 2.14. The molecule has 0 aliphatic rings. The first-order chi connectivity index (χ1) is 7.11. The predicted molar refractivity (Wildman–Crippen MR) is 49.7 cm³/mol. The lowest BCUT2D eigenvalue weighted by atomic mass is 10.4. The first-order valence-electron chi connectivity index (χ1n) is 4.22. The highest BCUT2D eigenvalue weighted by molar-refractivity contribution is 5.95. The zero-order valence-corrected chi connectivity index (χ0v) is 8.11. The summed E-state index contributed by atoms with van der Waals surface area (Å²) in [4.78, 5) is 21.8. The third-order valence-electron chi connectivity index (χ3n) is 1.51. The van der Waals surface area contributed by atoms with E-state index in [0.29, 0.717) is 6.54 Å². The summed E-state index contributed by atoms with van der Waals surface area (Å²) in [6.07, 6.45) is 0. The van der Waals surface area contributed by atoms with Crippen LogP contribution in [0, 0.1) is 0 Å². The van der Waals surface area contributed by atoms with Gasteiger partial charge in [-0.2, -0.15) is 0 Å². The summed E-state index contributed by atoms with van der Waals surface area (Å²) in [7, 11) is 0. The lowest BCUT2D eigenvalue weighted by molar-refractivity contribution is -0.118. The van der Waals surface area contributed by atoms with Gasteiger partial charge in [0.1, 0.15) is 0 Å². The minimum atomic E-state index is -0.487. The molecule has 0 atom stereocenters. The highest BCUT2D eigenvalue weighted by atomic mass is 16.6. The van der Waals surface area contributed by atoms with Crippen LogP contribution in [0.25, 0.3) is 0 Å². The van der Waals surface area contributed by atoms with Crippen LogP contribution in [0.15, 0.2) is 4.63 Å². The second kappa shape index (κ2) is 4.94. The van der Waals surface area contributed by atoms with Gasteiger partial charge < -0.3 is 16.4 Å². The van der Waals surface area contributed by atoms with E-state index in [0.717, 1.165) is 0 Å². The average molecular weight is 213 g/mol. The van der Waals surface area contributed by atoms with Crippen LogP contribution < -0.4 is 16.4 Å². The first-order valence-corrected chi connectivity index (χ1v) is 4.22. The van der Waals surface area contributed by atoms with Crippen LogP contribution in [0.3, 0.4) is 0 Å². The van der Waals surface area contributed by atoms with E-state index in [9.17, 15) is 9.59 Å². The normalized spacial score (nSPS) is 9.67. The minimum absolute atomic E-state index is 0.0576. The van der Waals surface area contributed by atoms with Gasteiger partial charge in [-0.25, -0.2) is 4.63 Å². The maximum atomic E-state index is 11.3. The lowest BCUT2D eigenvalue weighted by Crippen LogP contribution is -2.34. The number of carbonyl (C=O) groups is 2. The summed E-state index contributed by atoms with van der Waals surface area (Å²) >= 11 is 0. The summed E-state index contributed by atoms with van der Waals surface area (Å²) in [6, 6.07) is 0. The lowest BCUT2D eigenvalue weighted by Gasteiger charge is -2.02. The zero-order valence-electron chi connectivity index (χ0n) is 8.11. The van der Waals surface area contributed by atoms with E-state index in [4.69, 9.17) is 5.73 Å². The van der Waals surface area contributed by atoms with Gasteiger partial charge >= 0.3 is 0 Å². The van der Waals surface area contributed by atoms with E-state index in [2.05, 4.69) is 25.6 Å². The predicted octanol–water partition coefficient (Wildman–Crippen LogP) is -1.48. The quantitative estimate of drug-likeness (QED) is 0.524.